The van der Waals surface area contributed by atoms with E-state index < -0.39 is 0 Å². The van der Waals surface area contributed by atoms with Crippen LogP contribution in [0.5, 0.6) is 5.75 Å². The zero-order valence-electron chi connectivity index (χ0n) is 18.0. The monoisotopic (exact) mass is 464 g/mol. The van der Waals surface area contributed by atoms with E-state index in [9.17, 15) is 9.18 Å². The minimum atomic E-state index is -0.292. The average molecular weight is 465 g/mol. The Labute approximate surface area is 196 Å². The Balaban J connectivity index is 1.46. The highest BCUT2D eigenvalue weighted by molar-refractivity contribution is 6.30. The van der Waals surface area contributed by atoms with Gasteiger partial charge in [-0.1, -0.05) is 29.8 Å². The number of aryl methyl sites for hydroxylation is 1. The summed E-state index contributed by atoms with van der Waals surface area (Å²) in [6.45, 7) is 2.86. The number of nitrogens with one attached hydrogen (secondary N) is 1. The van der Waals surface area contributed by atoms with Gasteiger partial charge in [-0.25, -0.2) is 4.39 Å². The van der Waals surface area contributed by atoms with Gasteiger partial charge in [0.1, 0.15) is 23.9 Å². The highest BCUT2D eigenvalue weighted by atomic mass is 35.5. The van der Waals surface area contributed by atoms with Crippen LogP contribution in [0.15, 0.2) is 72.9 Å². The normalized spacial score (nSPS) is 10.8. The molecule has 2 aromatic heterocycles. The van der Waals surface area contributed by atoms with Gasteiger partial charge in [-0.3, -0.25) is 14.5 Å². The van der Waals surface area contributed by atoms with Crippen LogP contribution in [0.1, 0.15) is 33.0 Å². The summed E-state index contributed by atoms with van der Waals surface area (Å²) in [5.41, 5.74) is 3.57. The summed E-state index contributed by atoms with van der Waals surface area (Å²) in [5.74, 6) is 0.0705. The molecule has 0 fully saturated rings. The Bertz CT molecular complexity index is 1240. The fraction of sp³-hybridized carbons (Fsp3) is 0.160. The minimum absolute atomic E-state index is 0.276. The predicted octanol–water partition coefficient (Wildman–Crippen LogP) is 4.94. The molecule has 1 N–H and O–H groups in total. The van der Waals surface area contributed by atoms with E-state index in [-0.39, 0.29) is 18.3 Å². The van der Waals surface area contributed by atoms with Crippen molar-refractivity contribution in [3.8, 4) is 5.75 Å². The van der Waals surface area contributed by atoms with Crippen molar-refractivity contribution in [3.05, 3.63) is 112 Å². The maximum Gasteiger partial charge on any atom is 0.272 e. The van der Waals surface area contributed by atoms with Crippen LogP contribution in [-0.2, 0) is 19.7 Å². The van der Waals surface area contributed by atoms with Crippen LogP contribution in [-0.4, -0.2) is 20.7 Å². The van der Waals surface area contributed by atoms with Crippen LogP contribution >= 0.6 is 11.6 Å². The summed E-state index contributed by atoms with van der Waals surface area (Å²) < 4.78 is 20.8. The van der Waals surface area contributed by atoms with Crippen molar-refractivity contribution in [2.24, 2.45) is 0 Å². The zero-order chi connectivity index (χ0) is 23.2. The van der Waals surface area contributed by atoms with Crippen LogP contribution in [0.3, 0.4) is 0 Å². The number of carbonyl (C=O) groups excluding carboxylic acids is 1. The lowest BCUT2D eigenvalue weighted by atomic mass is 10.2. The third kappa shape index (κ3) is 5.96. The quantitative estimate of drug-likeness (QED) is 0.401. The van der Waals surface area contributed by atoms with Gasteiger partial charge >= 0.3 is 0 Å². The molecule has 2 aromatic carbocycles. The van der Waals surface area contributed by atoms with Crippen molar-refractivity contribution in [1.29, 1.82) is 0 Å². The molecule has 0 aliphatic rings. The summed E-state index contributed by atoms with van der Waals surface area (Å²) in [6.07, 6.45) is 1.68. The molecule has 0 spiro atoms. The number of ether oxygens (including phenoxy) is 1. The van der Waals surface area contributed by atoms with E-state index in [4.69, 9.17) is 16.3 Å². The lowest BCUT2D eigenvalue weighted by Crippen LogP contribution is -2.24. The second kappa shape index (κ2) is 10.3. The highest BCUT2D eigenvalue weighted by Gasteiger charge is 2.14. The van der Waals surface area contributed by atoms with Crippen LogP contribution in [0, 0.1) is 12.7 Å². The number of hydrogen-bond acceptors (Lipinski definition) is 4. The topological polar surface area (TPSA) is 69.0 Å². The van der Waals surface area contributed by atoms with Gasteiger partial charge in [-0.15, -0.1) is 0 Å². The number of pyridine rings is 1. The molecule has 4 rings (SSSR count). The summed E-state index contributed by atoms with van der Waals surface area (Å²) in [6, 6.07) is 18.8. The Morgan fingerprint density at radius 2 is 1.94 bits per heavy atom. The van der Waals surface area contributed by atoms with E-state index in [1.54, 1.807) is 41.2 Å². The van der Waals surface area contributed by atoms with Crippen molar-refractivity contribution in [3.63, 3.8) is 0 Å². The van der Waals surface area contributed by atoms with Gasteiger partial charge in [0.15, 0.2) is 0 Å². The standard InChI is InChI=1S/C25H22ClFN4O2/c1-17-12-23(25(32)29-14-22-4-2-3-11-28-22)30-31(17)15-19-13-20(26)7-10-24(19)33-16-18-5-8-21(27)9-6-18/h2-13H,14-16H2,1H3,(H,29,32). The zero-order valence-corrected chi connectivity index (χ0v) is 18.7. The van der Waals surface area contributed by atoms with Gasteiger partial charge < -0.3 is 10.1 Å². The van der Waals surface area contributed by atoms with Crippen LogP contribution < -0.4 is 10.1 Å². The van der Waals surface area contributed by atoms with Gasteiger partial charge in [0.25, 0.3) is 5.91 Å². The van der Waals surface area contributed by atoms with Gasteiger partial charge in [0.05, 0.1) is 18.8 Å². The van der Waals surface area contributed by atoms with Crippen molar-refractivity contribution < 1.29 is 13.9 Å². The molecule has 2 heterocycles. The molecule has 4 aromatic rings. The second-order valence-corrected chi connectivity index (χ2v) is 7.94. The van der Waals surface area contributed by atoms with Crippen LogP contribution in [0.4, 0.5) is 4.39 Å². The fourth-order valence-electron chi connectivity index (χ4n) is 3.26. The van der Waals surface area contributed by atoms with Crippen LogP contribution in [0.2, 0.25) is 5.02 Å². The maximum absolute atomic E-state index is 13.1. The van der Waals surface area contributed by atoms with E-state index in [0.29, 0.717) is 29.6 Å². The smallest absolute Gasteiger partial charge is 0.272 e. The summed E-state index contributed by atoms with van der Waals surface area (Å²) in [5, 5.41) is 7.86. The van der Waals surface area contributed by atoms with Gasteiger partial charge in [0, 0.05) is 22.5 Å². The molecule has 0 aliphatic heterocycles. The van der Waals surface area contributed by atoms with Crippen molar-refractivity contribution in [2.75, 3.05) is 0 Å². The first-order chi connectivity index (χ1) is 16.0. The highest BCUT2D eigenvalue weighted by Crippen LogP contribution is 2.25. The summed E-state index contributed by atoms with van der Waals surface area (Å²) >= 11 is 6.22. The first kappa shape index (κ1) is 22.5. The molecule has 0 aliphatic carbocycles. The number of hydrogen-bond donors (Lipinski definition) is 1. The Kier molecular flexibility index (Phi) is 7.00. The summed E-state index contributed by atoms with van der Waals surface area (Å²) in [4.78, 5) is 16.8. The molecule has 1 amide bonds. The Morgan fingerprint density at radius 1 is 1.12 bits per heavy atom. The van der Waals surface area contributed by atoms with E-state index in [0.717, 1.165) is 22.5 Å². The molecule has 8 heteroatoms. The molecular weight excluding hydrogens is 443 g/mol. The van der Waals surface area contributed by atoms with Gasteiger partial charge in [0.2, 0.25) is 0 Å². The van der Waals surface area contributed by atoms with Gasteiger partial charge in [-0.2, -0.15) is 5.10 Å². The number of carbonyl (C=O) groups is 1. The molecule has 0 saturated heterocycles. The molecule has 0 unspecified atom stereocenters. The lowest BCUT2D eigenvalue weighted by molar-refractivity contribution is 0.0944. The summed E-state index contributed by atoms with van der Waals surface area (Å²) in [7, 11) is 0. The molecule has 0 bridgehead atoms. The second-order valence-electron chi connectivity index (χ2n) is 7.50. The van der Waals surface area contributed by atoms with Crippen molar-refractivity contribution in [1.82, 2.24) is 20.1 Å². The van der Waals surface area contributed by atoms with Crippen molar-refractivity contribution >= 4 is 17.5 Å². The number of halogens is 2. The van der Waals surface area contributed by atoms with E-state index in [1.165, 1.54) is 12.1 Å². The number of rotatable bonds is 8. The molecule has 33 heavy (non-hydrogen) atoms. The molecule has 168 valence electrons. The van der Waals surface area contributed by atoms with E-state index in [1.807, 2.05) is 31.2 Å². The predicted molar refractivity (Wildman–Crippen MR) is 124 cm³/mol. The fourth-order valence-corrected chi connectivity index (χ4v) is 3.46. The number of amides is 1. The van der Waals surface area contributed by atoms with E-state index in [2.05, 4.69) is 15.4 Å². The SMILES string of the molecule is Cc1cc(C(=O)NCc2ccccn2)nn1Cc1cc(Cl)ccc1OCc1ccc(F)cc1. The molecule has 6 nitrogen and oxygen atoms in total. The average Bonchev–Trinajstić information content (AvgIpc) is 3.19. The van der Waals surface area contributed by atoms with Gasteiger partial charge in [-0.05, 0) is 61.0 Å². The molecule has 0 saturated carbocycles. The number of aromatic nitrogens is 3. The molecule has 0 atom stereocenters. The number of nitrogens with zero attached hydrogens (tertiary/aromatic N) is 3. The Hall–Kier alpha value is -3.71. The third-order valence-electron chi connectivity index (χ3n) is 5.02. The molecule has 0 radical (unpaired) electrons. The molecular formula is C25H22ClFN4O2. The van der Waals surface area contributed by atoms with E-state index >= 15 is 0 Å². The largest absolute Gasteiger partial charge is 0.489 e. The van der Waals surface area contributed by atoms with Crippen molar-refractivity contribution in [2.45, 2.75) is 26.6 Å². The third-order valence-corrected chi connectivity index (χ3v) is 5.26. The first-order valence-corrected chi connectivity index (χ1v) is 10.7. The maximum atomic E-state index is 13.1. The minimum Gasteiger partial charge on any atom is -0.489 e. The number of benzene rings is 2. The first-order valence-electron chi connectivity index (χ1n) is 10.4. The Morgan fingerprint density at radius 3 is 2.70 bits per heavy atom. The lowest BCUT2D eigenvalue weighted by Gasteiger charge is -2.13. The van der Waals surface area contributed by atoms with Crippen LogP contribution in [0.25, 0.3) is 0 Å².